The molecule has 0 amide bonds. The third-order valence-electron chi connectivity index (χ3n) is 4.58. The SMILES string of the molecule is CCC(CC)C(CN=C(N)NCCC(C)C)N1CCOCC1.I. The molecule has 1 unspecified atom stereocenters. The van der Waals surface area contributed by atoms with Crippen molar-refractivity contribution < 1.29 is 4.74 Å². The molecule has 5 nitrogen and oxygen atoms in total. The Morgan fingerprint density at radius 1 is 1.22 bits per heavy atom. The predicted octanol–water partition coefficient (Wildman–Crippen LogP) is 2.69. The van der Waals surface area contributed by atoms with Gasteiger partial charge in [-0.15, -0.1) is 24.0 Å². The molecule has 0 aliphatic carbocycles. The molecule has 1 fully saturated rings. The van der Waals surface area contributed by atoms with Crippen LogP contribution in [0.3, 0.4) is 0 Å². The van der Waals surface area contributed by atoms with Crippen LogP contribution in [0.4, 0.5) is 0 Å². The van der Waals surface area contributed by atoms with E-state index in [4.69, 9.17) is 10.5 Å². The van der Waals surface area contributed by atoms with E-state index in [9.17, 15) is 0 Å². The van der Waals surface area contributed by atoms with Crippen LogP contribution >= 0.6 is 24.0 Å². The maximum atomic E-state index is 6.02. The van der Waals surface area contributed by atoms with Crippen LogP contribution < -0.4 is 11.1 Å². The molecule has 1 aliphatic rings. The number of nitrogens with two attached hydrogens (primary N) is 1. The Kier molecular flexibility index (Phi) is 13.2. The summed E-state index contributed by atoms with van der Waals surface area (Å²) in [5.41, 5.74) is 6.02. The molecule has 0 spiro atoms. The lowest BCUT2D eigenvalue weighted by molar-refractivity contribution is 0.00396. The van der Waals surface area contributed by atoms with Gasteiger partial charge in [0, 0.05) is 25.7 Å². The van der Waals surface area contributed by atoms with Crippen molar-refractivity contribution in [1.82, 2.24) is 10.2 Å². The molecule has 0 saturated carbocycles. The molecule has 0 aromatic heterocycles. The highest BCUT2D eigenvalue weighted by Gasteiger charge is 2.26. The van der Waals surface area contributed by atoms with E-state index < -0.39 is 0 Å². The average molecular weight is 440 g/mol. The van der Waals surface area contributed by atoms with Gasteiger partial charge in [0.25, 0.3) is 0 Å². The molecule has 23 heavy (non-hydrogen) atoms. The first-order valence-electron chi connectivity index (χ1n) is 8.94. The van der Waals surface area contributed by atoms with Gasteiger partial charge in [0.2, 0.25) is 0 Å². The van der Waals surface area contributed by atoms with E-state index >= 15 is 0 Å². The van der Waals surface area contributed by atoms with E-state index in [1.54, 1.807) is 0 Å². The lowest BCUT2D eigenvalue weighted by Crippen LogP contribution is -2.49. The summed E-state index contributed by atoms with van der Waals surface area (Å²) in [7, 11) is 0. The third-order valence-corrected chi connectivity index (χ3v) is 4.58. The van der Waals surface area contributed by atoms with Crippen molar-refractivity contribution in [3.63, 3.8) is 0 Å². The highest BCUT2D eigenvalue weighted by molar-refractivity contribution is 14.0. The van der Waals surface area contributed by atoms with Gasteiger partial charge in [0.15, 0.2) is 5.96 Å². The Labute approximate surface area is 159 Å². The molecule has 3 N–H and O–H groups in total. The summed E-state index contributed by atoms with van der Waals surface area (Å²) in [4.78, 5) is 7.15. The average Bonchev–Trinajstić information content (AvgIpc) is 2.52. The van der Waals surface area contributed by atoms with Gasteiger partial charge >= 0.3 is 0 Å². The van der Waals surface area contributed by atoms with Crippen LogP contribution in [0.15, 0.2) is 4.99 Å². The quantitative estimate of drug-likeness (QED) is 0.329. The van der Waals surface area contributed by atoms with Crippen LogP contribution in [0.5, 0.6) is 0 Å². The van der Waals surface area contributed by atoms with E-state index in [1.807, 2.05) is 0 Å². The molecule has 1 atom stereocenters. The minimum absolute atomic E-state index is 0. The summed E-state index contributed by atoms with van der Waals surface area (Å²) in [6.45, 7) is 14.4. The zero-order valence-electron chi connectivity index (χ0n) is 15.4. The van der Waals surface area contributed by atoms with Crippen LogP contribution in [-0.4, -0.2) is 56.3 Å². The zero-order valence-corrected chi connectivity index (χ0v) is 17.7. The van der Waals surface area contributed by atoms with Crippen molar-refractivity contribution in [3.8, 4) is 0 Å². The molecule has 1 aliphatic heterocycles. The van der Waals surface area contributed by atoms with Gasteiger partial charge in [-0.25, -0.2) is 0 Å². The number of aliphatic imine (C=N–C) groups is 1. The summed E-state index contributed by atoms with van der Waals surface area (Å²) in [5.74, 6) is 1.95. The Morgan fingerprint density at radius 3 is 2.35 bits per heavy atom. The zero-order chi connectivity index (χ0) is 16.4. The standard InChI is InChI=1S/C17H36N4O.HI/c1-5-15(6-2)16(21-9-11-22-12-10-21)13-20-17(18)19-8-7-14(3)4;/h14-16H,5-13H2,1-4H3,(H3,18,19,20);1H. The Hall–Kier alpha value is -0.0800. The number of morpholine rings is 1. The highest BCUT2D eigenvalue weighted by atomic mass is 127. The topological polar surface area (TPSA) is 62.9 Å². The number of halogens is 1. The van der Waals surface area contributed by atoms with Crippen LogP contribution in [0.2, 0.25) is 0 Å². The first kappa shape index (κ1) is 22.9. The molecule has 1 saturated heterocycles. The van der Waals surface area contributed by atoms with Gasteiger partial charge in [-0.05, 0) is 18.3 Å². The van der Waals surface area contributed by atoms with E-state index in [0.29, 0.717) is 23.8 Å². The minimum Gasteiger partial charge on any atom is -0.379 e. The monoisotopic (exact) mass is 440 g/mol. The summed E-state index contributed by atoms with van der Waals surface area (Å²) in [5, 5.41) is 3.23. The van der Waals surface area contributed by atoms with Crippen molar-refractivity contribution in [2.45, 2.75) is 53.0 Å². The van der Waals surface area contributed by atoms with Crippen LogP contribution in [0.25, 0.3) is 0 Å². The second-order valence-electron chi connectivity index (χ2n) is 6.63. The fraction of sp³-hybridized carbons (Fsp3) is 0.941. The molecule has 0 aromatic carbocycles. The Morgan fingerprint density at radius 2 is 1.83 bits per heavy atom. The fourth-order valence-corrected chi connectivity index (χ4v) is 3.04. The van der Waals surface area contributed by atoms with Gasteiger partial charge < -0.3 is 15.8 Å². The van der Waals surface area contributed by atoms with Gasteiger partial charge in [-0.3, -0.25) is 9.89 Å². The number of nitrogens with zero attached hydrogens (tertiary/aromatic N) is 2. The molecule has 0 radical (unpaired) electrons. The van der Waals surface area contributed by atoms with Gasteiger partial charge in [0.1, 0.15) is 0 Å². The second kappa shape index (κ2) is 13.2. The van der Waals surface area contributed by atoms with Gasteiger partial charge in [-0.2, -0.15) is 0 Å². The number of guanidine groups is 1. The Bertz CT molecular complexity index is 316. The van der Waals surface area contributed by atoms with Gasteiger partial charge in [0.05, 0.1) is 19.8 Å². The maximum absolute atomic E-state index is 6.02. The summed E-state index contributed by atoms with van der Waals surface area (Å²) < 4.78 is 5.48. The number of nitrogens with one attached hydrogen (secondary N) is 1. The largest absolute Gasteiger partial charge is 0.379 e. The number of hydrogen-bond donors (Lipinski definition) is 2. The first-order valence-corrected chi connectivity index (χ1v) is 8.94. The maximum Gasteiger partial charge on any atom is 0.188 e. The molecule has 1 heterocycles. The molecular weight excluding hydrogens is 403 g/mol. The number of rotatable bonds is 9. The summed E-state index contributed by atoms with van der Waals surface area (Å²) in [6.07, 6.45) is 3.50. The minimum atomic E-state index is 0. The van der Waals surface area contributed by atoms with E-state index in [-0.39, 0.29) is 24.0 Å². The Balaban J connectivity index is 0.00000484. The first-order chi connectivity index (χ1) is 10.6. The van der Waals surface area contributed by atoms with Crippen molar-refractivity contribution in [2.24, 2.45) is 22.6 Å². The van der Waals surface area contributed by atoms with Crippen molar-refractivity contribution in [2.75, 3.05) is 39.4 Å². The third kappa shape index (κ3) is 9.10. The molecular formula is C17H37IN4O. The fourth-order valence-electron chi connectivity index (χ4n) is 3.04. The van der Waals surface area contributed by atoms with E-state index in [0.717, 1.165) is 45.8 Å². The van der Waals surface area contributed by atoms with Crippen molar-refractivity contribution in [1.29, 1.82) is 0 Å². The molecule has 0 aromatic rings. The van der Waals surface area contributed by atoms with Crippen LogP contribution in [0.1, 0.15) is 47.0 Å². The summed E-state index contributed by atoms with van der Waals surface area (Å²) in [6, 6.07) is 0.476. The summed E-state index contributed by atoms with van der Waals surface area (Å²) >= 11 is 0. The van der Waals surface area contributed by atoms with Gasteiger partial charge in [-0.1, -0.05) is 40.5 Å². The number of hydrogen-bond acceptors (Lipinski definition) is 3. The molecule has 0 bridgehead atoms. The lowest BCUT2D eigenvalue weighted by atomic mass is 9.92. The lowest BCUT2D eigenvalue weighted by Gasteiger charge is -2.38. The van der Waals surface area contributed by atoms with E-state index in [2.05, 4.69) is 42.9 Å². The normalized spacial score (nSPS) is 18.1. The highest BCUT2D eigenvalue weighted by Crippen LogP contribution is 2.20. The molecule has 1 rings (SSSR count). The van der Waals surface area contributed by atoms with E-state index in [1.165, 1.54) is 12.8 Å². The smallest absolute Gasteiger partial charge is 0.188 e. The van der Waals surface area contributed by atoms with Crippen molar-refractivity contribution >= 4 is 29.9 Å². The van der Waals surface area contributed by atoms with Crippen LogP contribution in [0, 0.1) is 11.8 Å². The van der Waals surface area contributed by atoms with Crippen molar-refractivity contribution in [3.05, 3.63) is 0 Å². The predicted molar refractivity (Wildman–Crippen MR) is 110 cm³/mol. The number of ether oxygens (including phenoxy) is 1. The molecule has 138 valence electrons. The molecule has 6 heteroatoms. The van der Waals surface area contributed by atoms with Crippen LogP contribution in [-0.2, 0) is 4.74 Å². The second-order valence-corrected chi connectivity index (χ2v) is 6.63.